The predicted octanol–water partition coefficient (Wildman–Crippen LogP) is 1.07. The number of hydrogen-bond donors (Lipinski definition) is 0. The molecule has 8 heteroatoms. The van der Waals surface area contributed by atoms with Crippen LogP contribution in [0.4, 0.5) is 0 Å². The van der Waals surface area contributed by atoms with Gasteiger partial charge in [0.15, 0.2) is 0 Å². The van der Waals surface area contributed by atoms with Gasteiger partial charge in [-0.2, -0.15) is 5.10 Å². The van der Waals surface area contributed by atoms with Crippen molar-refractivity contribution in [1.29, 1.82) is 0 Å². The Bertz CT molecular complexity index is 1080. The molecule has 1 amide bonds. The zero-order valence-corrected chi connectivity index (χ0v) is 15.1. The maximum Gasteiger partial charge on any atom is 0.275 e. The lowest BCUT2D eigenvalue weighted by Crippen LogP contribution is -2.37. The molecule has 1 aromatic heterocycles. The lowest BCUT2D eigenvalue weighted by molar-refractivity contribution is -0.255. The second-order valence-electron chi connectivity index (χ2n) is 6.02. The van der Waals surface area contributed by atoms with E-state index in [4.69, 9.17) is 11.6 Å². The zero-order valence-electron chi connectivity index (χ0n) is 14.4. The minimum absolute atomic E-state index is 0.167. The molecule has 0 saturated carbocycles. The molecule has 1 heterocycles. The quantitative estimate of drug-likeness (QED) is 0.655. The Balaban J connectivity index is 1.88. The highest BCUT2D eigenvalue weighted by Gasteiger charge is 2.16. The van der Waals surface area contributed by atoms with Crippen molar-refractivity contribution in [1.82, 2.24) is 14.7 Å². The van der Waals surface area contributed by atoms with Crippen LogP contribution in [0.2, 0.25) is 5.02 Å². The number of fused-ring (bicyclic) bond motifs is 1. The summed E-state index contributed by atoms with van der Waals surface area (Å²) >= 11 is 5.84. The molecule has 0 N–H and O–H groups in total. The van der Waals surface area contributed by atoms with Crippen molar-refractivity contribution in [2.45, 2.75) is 13.1 Å². The number of carboxylic acids is 1. The van der Waals surface area contributed by atoms with E-state index in [1.54, 1.807) is 43.4 Å². The van der Waals surface area contributed by atoms with Gasteiger partial charge >= 0.3 is 0 Å². The summed E-state index contributed by atoms with van der Waals surface area (Å²) < 4.78 is 0.855. The SMILES string of the molecule is CN(Cc1ccc(Cl)cc1)C(=O)Cn1nc(C(=O)[O-])c2ccccc2c1=O. The van der Waals surface area contributed by atoms with Gasteiger partial charge in [0.25, 0.3) is 5.56 Å². The van der Waals surface area contributed by atoms with Gasteiger partial charge in [-0.15, -0.1) is 0 Å². The molecule has 3 rings (SSSR count). The van der Waals surface area contributed by atoms with Crippen LogP contribution in [0, 0.1) is 0 Å². The van der Waals surface area contributed by atoms with E-state index in [1.807, 2.05) is 0 Å². The summed E-state index contributed by atoms with van der Waals surface area (Å²) in [5.74, 6) is -1.90. The average molecular weight is 385 g/mol. The summed E-state index contributed by atoms with van der Waals surface area (Å²) in [5.41, 5.74) is -0.0494. The summed E-state index contributed by atoms with van der Waals surface area (Å²) in [6, 6.07) is 13.2. The molecule has 0 radical (unpaired) electrons. The van der Waals surface area contributed by atoms with Crippen molar-refractivity contribution in [3.05, 3.63) is 75.2 Å². The third kappa shape index (κ3) is 3.98. The topological polar surface area (TPSA) is 95.3 Å². The zero-order chi connectivity index (χ0) is 19.6. The molecule has 0 aliphatic rings. The Labute approximate surface area is 159 Å². The number of benzene rings is 2. The molecular formula is C19H15ClN3O4-. The first kappa shape index (κ1) is 18.6. The second kappa shape index (κ2) is 7.59. The van der Waals surface area contributed by atoms with Crippen LogP contribution in [0.25, 0.3) is 10.8 Å². The van der Waals surface area contributed by atoms with Gasteiger partial charge in [-0.3, -0.25) is 9.59 Å². The van der Waals surface area contributed by atoms with Gasteiger partial charge < -0.3 is 14.8 Å². The van der Waals surface area contributed by atoms with Crippen LogP contribution in [-0.2, 0) is 17.9 Å². The summed E-state index contributed by atoms with van der Waals surface area (Å²) in [4.78, 5) is 37.8. The number of nitrogens with zero attached hydrogens (tertiary/aromatic N) is 3. The van der Waals surface area contributed by atoms with Gasteiger partial charge in [0.1, 0.15) is 12.2 Å². The molecule has 3 aromatic rings. The van der Waals surface area contributed by atoms with E-state index >= 15 is 0 Å². The Kier molecular flexibility index (Phi) is 5.23. The number of carboxylic acid groups (broad SMARTS) is 1. The summed E-state index contributed by atoms with van der Waals surface area (Å²) in [6.07, 6.45) is 0. The van der Waals surface area contributed by atoms with Crippen molar-refractivity contribution in [3.8, 4) is 0 Å². The highest BCUT2D eigenvalue weighted by atomic mass is 35.5. The number of carbonyl (C=O) groups excluding carboxylic acids is 2. The molecule has 7 nitrogen and oxygen atoms in total. The van der Waals surface area contributed by atoms with Crippen LogP contribution < -0.4 is 10.7 Å². The standard InChI is InChI=1S/C19H16ClN3O4/c1-22(10-12-6-8-13(20)9-7-12)16(24)11-23-18(25)15-5-3-2-4-14(15)17(21-23)19(26)27/h2-9H,10-11H2,1H3,(H,26,27)/p-1. The molecule has 0 unspecified atom stereocenters. The second-order valence-corrected chi connectivity index (χ2v) is 6.46. The molecule has 27 heavy (non-hydrogen) atoms. The van der Waals surface area contributed by atoms with Gasteiger partial charge in [0, 0.05) is 24.0 Å². The highest BCUT2D eigenvalue weighted by molar-refractivity contribution is 6.30. The van der Waals surface area contributed by atoms with Crippen LogP contribution in [0.15, 0.2) is 53.3 Å². The number of amides is 1. The van der Waals surface area contributed by atoms with Crippen molar-refractivity contribution < 1.29 is 14.7 Å². The predicted molar refractivity (Wildman–Crippen MR) is 98.3 cm³/mol. The van der Waals surface area contributed by atoms with Crippen molar-refractivity contribution in [2.24, 2.45) is 0 Å². The van der Waals surface area contributed by atoms with Gasteiger partial charge in [-0.1, -0.05) is 41.9 Å². The van der Waals surface area contributed by atoms with Crippen LogP contribution in [0.1, 0.15) is 16.1 Å². The fraction of sp³-hybridized carbons (Fsp3) is 0.158. The molecule has 0 atom stereocenters. The smallest absolute Gasteiger partial charge is 0.275 e. The number of aromatic carboxylic acids is 1. The van der Waals surface area contributed by atoms with Crippen LogP contribution in [0.3, 0.4) is 0 Å². The molecule has 0 spiro atoms. The van der Waals surface area contributed by atoms with E-state index in [1.165, 1.54) is 17.0 Å². The van der Waals surface area contributed by atoms with E-state index in [9.17, 15) is 19.5 Å². The lowest BCUT2D eigenvalue weighted by Gasteiger charge is -2.18. The van der Waals surface area contributed by atoms with E-state index in [0.717, 1.165) is 10.2 Å². The number of aromatic nitrogens is 2. The average Bonchev–Trinajstić information content (AvgIpc) is 2.65. The monoisotopic (exact) mass is 384 g/mol. The minimum atomic E-state index is -1.51. The first-order chi connectivity index (χ1) is 12.9. The summed E-state index contributed by atoms with van der Waals surface area (Å²) in [6.45, 7) is -0.0697. The van der Waals surface area contributed by atoms with Gasteiger partial charge in [-0.25, -0.2) is 4.68 Å². The van der Waals surface area contributed by atoms with Gasteiger partial charge in [0.05, 0.1) is 11.4 Å². The fourth-order valence-electron chi connectivity index (χ4n) is 2.69. The highest BCUT2D eigenvalue weighted by Crippen LogP contribution is 2.13. The number of halogens is 1. The van der Waals surface area contributed by atoms with Crippen LogP contribution in [0.5, 0.6) is 0 Å². The minimum Gasteiger partial charge on any atom is -0.543 e. The number of rotatable bonds is 5. The van der Waals surface area contributed by atoms with Crippen molar-refractivity contribution >= 4 is 34.2 Å². The molecule has 0 saturated heterocycles. The Morgan fingerprint density at radius 3 is 2.37 bits per heavy atom. The molecule has 138 valence electrons. The molecule has 0 fully saturated rings. The van der Waals surface area contributed by atoms with E-state index in [-0.39, 0.29) is 28.9 Å². The summed E-state index contributed by atoms with van der Waals surface area (Å²) in [5, 5.41) is 16.1. The first-order valence-electron chi connectivity index (χ1n) is 8.06. The lowest BCUT2D eigenvalue weighted by atomic mass is 10.1. The molecule has 2 aromatic carbocycles. The van der Waals surface area contributed by atoms with E-state index in [0.29, 0.717) is 11.6 Å². The molecule has 0 bridgehead atoms. The van der Waals surface area contributed by atoms with Crippen molar-refractivity contribution in [3.63, 3.8) is 0 Å². The molecule has 0 aliphatic heterocycles. The number of carbonyl (C=O) groups is 2. The third-order valence-corrected chi connectivity index (χ3v) is 4.36. The van der Waals surface area contributed by atoms with Crippen LogP contribution in [-0.4, -0.2) is 33.6 Å². The van der Waals surface area contributed by atoms with Gasteiger partial charge in [0.2, 0.25) is 5.91 Å². The maximum atomic E-state index is 12.6. The third-order valence-electron chi connectivity index (χ3n) is 4.10. The molecular weight excluding hydrogens is 370 g/mol. The van der Waals surface area contributed by atoms with Crippen molar-refractivity contribution in [2.75, 3.05) is 7.05 Å². The fourth-order valence-corrected chi connectivity index (χ4v) is 2.82. The van der Waals surface area contributed by atoms with E-state index < -0.39 is 11.5 Å². The molecule has 0 aliphatic carbocycles. The Morgan fingerprint density at radius 1 is 1.11 bits per heavy atom. The normalized spacial score (nSPS) is 10.7. The Morgan fingerprint density at radius 2 is 1.74 bits per heavy atom. The largest absolute Gasteiger partial charge is 0.543 e. The van der Waals surface area contributed by atoms with Gasteiger partial charge in [-0.05, 0) is 23.8 Å². The number of hydrogen-bond acceptors (Lipinski definition) is 5. The van der Waals surface area contributed by atoms with Crippen LogP contribution >= 0.6 is 11.6 Å². The summed E-state index contributed by atoms with van der Waals surface area (Å²) in [7, 11) is 1.59. The van der Waals surface area contributed by atoms with E-state index in [2.05, 4.69) is 5.10 Å². The number of likely N-dealkylation sites (N-methyl/N-ethyl adjacent to an activating group) is 1. The first-order valence-corrected chi connectivity index (χ1v) is 8.44. The Hall–Kier alpha value is -3.19. The maximum absolute atomic E-state index is 12.6.